The molecule has 0 atom stereocenters. The fourth-order valence-electron chi connectivity index (χ4n) is 2.75. The smallest absolute Gasteiger partial charge is 0.277 e. The van der Waals surface area contributed by atoms with E-state index in [0.717, 1.165) is 11.8 Å². The Morgan fingerprint density at radius 1 is 1.12 bits per heavy atom. The second-order valence-electron chi connectivity index (χ2n) is 6.50. The molecule has 0 unspecified atom stereocenters. The van der Waals surface area contributed by atoms with Crippen LogP contribution < -0.4 is 31.4 Å². The summed E-state index contributed by atoms with van der Waals surface area (Å²) in [5, 5.41) is 5.77. The maximum Gasteiger partial charge on any atom is 0.277 e. The van der Waals surface area contributed by atoms with Gasteiger partial charge in [0, 0.05) is 22.3 Å². The summed E-state index contributed by atoms with van der Waals surface area (Å²) < 4.78 is 10.5. The van der Waals surface area contributed by atoms with E-state index >= 15 is 0 Å². The Bertz CT molecular complexity index is 1250. The Balaban J connectivity index is 1.37. The molecule has 0 aliphatic carbocycles. The Morgan fingerprint density at radius 3 is 2.62 bits per heavy atom. The van der Waals surface area contributed by atoms with Gasteiger partial charge in [-0.05, 0) is 36.4 Å². The number of nitrogens with two attached hydrogens (primary N) is 1. The number of benzene rings is 2. The van der Waals surface area contributed by atoms with Crippen molar-refractivity contribution in [3.63, 3.8) is 0 Å². The standard InChI is InChI=1S/C20H16ClN5O5S/c21-11-3-1-10(2-4-11)18(28)24-16-17(22)25-20(26-19(16)29)32-8-15(27)23-12-5-6-13-14(7-12)31-9-30-13/h1-7H,8-9H2,(H,23,27)(H,24,28)(H3,22,25,26,29). The third-order valence-corrected chi connectivity index (χ3v) is 5.39. The number of carbonyl (C=O) groups is 2. The van der Waals surface area contributed by atoms with Crippen molar-refractivity contribution >= 4 is 52.4 Å². The number of rotatable bonds is 6. The first-order valence-electron chi connectivity index (χ1n) is 9.18. The van der Waals surface area contributed by atoms with Gasteiger partial charge in [0.2, 0.25) is 12.7 Å². The van der Waals surface area contributed by atoms with Crippen LogP contribution in [0.15, 0.2) is 52.4 Å². The van der Waals surface area contributed by atoms with Gasteiger partial charge in [-0.15, -0.1) is 0 Å². The molecule has 3 aromatic rings. The minimum atomic E-state index is -0.640. The van der Waals surface area contributed by atoms with Gasteiger partial charge in [0.1, 0.15) is 5.69 Å². The SMILES string of the molecule is Nc1nc(SCC(=O)Nc2ccc3c(c2)OCO3)[nH]c(=O)c1NC(=O)c1ccc(Cl)cc1. The predicted octanol–water partition coefficient (Wildman–Crippen LogP) is 2.72. The maximum atomic E-state index is 12.4. The first kappa shape index (κ1) is 21.5. The largest absolute Gasteiger partial charge is 0.454 e. The fourth-order valence-corrected chi connectivity index (χ4v) is 3.54. The molecule has 0 spiro atoms. The van der Waals surface area contributed by atoms with Crippen molar-refractivity contribution < 1.29 is 19.1 Å². The minimum Gasteiger partial charge on any atom is -0.454 e. The van der Waals surface area contributed by atoms with Gasteiger partial charge < -0.3 is 25.8 Å². The number of aromatic nitrogens is 2. The normalized spacial score (nSPS) is 11.8. The molecule has 0 fully saturated rings. The summed E-state index contributed by atoms with van der Waals surface area (Å²) in [6.07, 6.45) is 0. The molecule has 1 aliphatic heterocycles. The van der Waals surface area contributed by atoms with Crippen LogP contribution in [0.1, 0.15) is 10.4 Å². The third-order valence-electron chi connectivity index (χ3n) is 4.27. The van der Waals surface area contributed by atoms with Crippen molar-refractivity contribution in [1.82, 2.24) is 9.97 Å². The fraction of sp³-hybridized carbons (Fsp3) is 0.100. The second kappa shape index (κ2) is 9.20. The molecule has 10 nitrogen and oxygen atoms in total. The Morgan fingerprint density at radius 2 is 1.88 bits per heavy atom. The first-order valence-corrected chi connectivity index (χ1v) is 10.5. The van der Waals surface area contributed by atoms with E-state index in [2.05, 4.69) is 20.6 Å². The molecule has 12 heteroatoms. The summed E-state index contributed by atoms with van der Waals surface area (Å²) in [7, 11) is 0. The van der Waals surface area contributed by atoms with Crippen LogP contribution in [0.3, 0.4) is 0 Å². The summed E-state index contributed by atoms with van der Waals surface area (Å²) >= 11 is 6.79. The summed E-state index contributed by atoms with van der Waals surface area (Å²) in [6, 6.07) is 11.2. The number of nitrogens with one attached hydrogen (secondary N) is 3. The number of anilines is 3. The van der Waals surface area contributed by atoms with Crippen LogP contribution in [0.25, 0.3) is 0 Å². The number of halogens is 1. The second-order valence-corrected chi connectivity index (χ2v) is 7.90. The Hall–Kier alpha value is -3.70. The highest BCUT2D eigenvalue weighted by atomic mass is 35.5. The van der Waals surface area contributed by atoms with E-state index in [1.807, 2.05) is 0 Å². The van der Waals surface area contributed by atoms with Crippen LogP contribution in [0.5, 0.6) is 11.5 Å². The highest BCUT2D eigenvalue weighted by Crippen LogP contribution is 2.34. The van der Waals surface area contributed by atoms with Crippen molar-refractivity contribution in [2.75, 3.05) is 28.9 Å². The molecule has 1 aliphatic rings. The topological polar surface area (TPSA) is 148 Å². The number of nitrogens with zero attached hydrogens (tertiary/aromatic N) is 1. The number of fused-ring (bicyclic) bond motifs is 1. The van der Waals surface area contributed by atoms with Crippen LogP contribution in [-0.2, 0) is 4.79 Å². The number of nitrogen functional groups attached to an aromatic ring is 1. The molecule has 0 radical (unpaired) electrons. The van der Waals surface area contributed by atoms with E-state index in [0.29, 0.717) is 27.8 Å². The number of thioether (sulfide) groups is 1. The van der Waals surface area contributed by atoms with E-state index < -0.39 is 11.5 Å². The molecule has 4 rings (SSSR count). The number of hydrogen-bond donors (Lipinski definition) is 4. The van der Waals surface area contributed by atoms with Crippen molar-refractivity contribution in [3.05, 3.63) is 63.4 Å². The molecule has 164 valence electrons. The highest BCUT2D eigenvalue weighted by molar-refractivity contribution is 7.99. The van der Waals surface area contributed by atoms with Gasteiger partial charge >= 0.3 is 0 Å². The van der Waals surface area contributed by atoms with Crippen molar-refractivity contribution in [3.8, 4) is 11.5 Å². The molecule has 1 aromatic heterocycles. The predicted molar refractivity (Wildman–Crippen MR) is 121 cm³/mol. The molecule has 0 saturated carbocycles. The van der Waals surface area contributed by atoms with E-state index in [9.17, 15) is 14.4 Å². The zero-order valence-electron chi connectivity index (χ0n) is 16.3. The number of ether oxygens (including phenoxy) is 2. The number of H-pyrrole nitrogens is 1. The molecule has 5 N–H and O–H groups in total. The summed E-state index contributed by atoms with van der Waals surface area (Å²) in [4.78, 5) is 43.5. The molecule has 2 aromatic carbocycles. The number of carbonyl (C=O) groups excluding carboxylic acids is 2. The van der Waals surface area contributed by atoms with Crippen LogP contribution >= 0.6 is 23.4 Å². The molecule has 0 saturated heterocycles. The van der Waals surface area contributed by atoms with E-state index in [4.69, 9.17) is 26.8 Å². The summed E-state index contributed by atoms with van der Waals surface area (Å²) in [6.45, 7) is 0.138. The lowest BCUT2D eigenvalue weighted by Gasteiger charge is -2.09. The van der Waals surface area contributed by atoms with Gasteiger partial charge in [0.25, 0.3) is 11.5 Å². The van der Waals surface area contributed by atoms with Crippen LogP contribution in [0.4, 0.5) is 17.2 Å². The monoisotopic (exact) mass is 473 g/mol. The van der Waals surface area contributed by atoms with Gasteiger partial charge in [-0.3, -0.25) is 19.4 Å². The Labute approximate surface area is 190 Å². The summed E-state index contributed by atoms with van der Waals surface area (Å²) in [5.74, 6) is 0.0882. The molecule has 2 amide bonds. The van der Waals surface area contributed by atoms with Crippen molar-refractivity contribution in [2.45, 2.75) is 5.16 Å². The lowest BCUT2D eigenvalue weighted by atomic mass is 10.2. The van der Waals surface area contributed by atoms with Crippen molar-refractivity contribution in [2.24, 2.45) is 0 Å². The number of hydrogen-bond acceptors (Lipinski definition) is 8. The molecule has 0 bridgehead atoms. The lowest BCUT2D eigenvalue weighted by molar-refractivity contribution is -0.113. The third kappa shape index (κ3) is 4.95. The average molecular weight is 474 g/mol. The number of amides is 2. The van der Waals surface area contributed by atoms with Crippen LogP contribution in [-0.4, -0.2) is 34.3 Å². The first-order chi connectivity index (χ1) is 15.4. The van der Waals surface area contributed by atoms with Gasteiger partial charge in [-0.2, -0.15) is 0 Å². The van der Waals surface area contributed by atoms with Gasteiger partial charge in [-0.1, -0.05) is 23.4 Å². The van der Waals surface area contributed by atoms with E-state index in [1.54, 1.807) is 30.3 Å². The zero-order chi connectivity index (χ0) is 22.7. The zero-order valence-corrected chi connectivity index (χ0v) is 17.9. The van der Waals surface area contributed by atoms with Gasteiger partial charge in [0.15, 0.2) is 22.5 Å². The molecule has 2 heterocycles. The average Bonchev–Trinajstić information content (AvgIpc) is 3.23. The molecular weight excluding hydrogens is 458 g/mol. The van der Waals surface area contributed by atoms with Crippen LogP contribution in [0, 0.1) is 0 Å². The maximum absolute atomic E-state index is 12.4. The molecular formula is C20H16ClN5O5S. The van der Waals surface area contributed by atoms with E-state index in [1.165, 1.54) is 12.1 Å². The number of aromatic amines is 1. The highest BCUT2D eigenvalue weighted by Gasteiger charge is 2.16. The van der Waals surface area contributed by atoms with Crippen molar-refractivity contribution in [1.29, 1.82) is 0 Å². The molecule has 32 heavy (non-hydrogen) atoms. The lowest BCUT2D eigenvalue weighted by Crippen LogP contribution is -2.23. The minimum absolute atomic E-state index is 0.0344. The van der Waals surface area contributed by atoms with Crippen LogP contribution in [0.2, 0.25) is 5.02 Å². The van der Waals surface area contributed by atoms with Gasteiger partial charge in [-0.25, -0.2) is 4.98 Å². The Kier molecular flexibility index (Phi) is 6.19. The quantitative estimate of drug-likeness (QED) is 0.315. The van der Waals surface area contributed by atoms with Gasteiger partial charge in [0.05, 0.1) is 5.75 Å². The van der Waals surface area contributed by atoms with E-state index in [-0.39, 0.29) is 35.1 Å². The summed E-state index contributed by atoms with van der Waals surface area (Å²) in [5.41, 5.74) is 5.87.